The normalized spacial score (nSPS) is 20.2. The maximum Gasteiger partial charge on any atom is 0.315 e. The molecule has 1 unspecified atom stereocenters. The van der Waals surface area contributed by atoms with Gasteiger partial charge in [-0.3, -0.25) is 4.79 Å². The number of hydrogen-bond donors (Lipinski definition) is 3. The van der Waals surface area contributed by atoms with Crippen LogP contribution in [-0.4, -0.2) is 23.5 Å². The Labute approximate surface area is 109 Å². The van der Waals surface area contributed by atoms with Gasteiger partial charge < -0.3 is 16.4 Å². The second kappa shape index (κ2) is 6.07. The molecule has 18 heavy (non-hydrogen) atoms. The van der Waals surface area contributed by atoms with Crippen molar-refractivity contribution in [3.8, 4) is 0 Å². The van der Waals surface area contributed by atoms with E-state index in [1.807, 2.05) is 13.8 Å². The van der Waals surface area contributed by atoms with Crippen LogP contribution < -0.4 is 16.4 Å². The smallest absolute Gasteiger partial charge is 0.315 e. The Kier molecular flexibility index (Phi) is 4.99. The summed E-state index contributed by atoms with van der Waals surface area (Å²) < 4.78 is 0. The first kappa shape index (κ1) is 14.8. The van der Waals surface area contributed by atoms with Gasteiger partial charge in [0.1, 0.15) is 5.54 Å². The molecule has 0 spiro atoms. The van der Waals surface area contributed by atoms with E-state index in [2.05, 4.69) is 10.6 Å². The zero-order valence-corrected chi connectivity index (χ0v) is 11.6. The second-order valence-electron chi connectivity index (χ2n) is 5.65. The monoisotopic (exact) mass is 255 g/mol. The van der Waals surface area contributed by atoms with E-state index < -0.39 is 11.4 Å². The number of urea groups is 1. The highest BCUT2D eigenvalue weighted by atomic mass is 16.2. The number of amides is 3. The van der Waals surface area contributed by atoms with E-state index in [0.29, 0.717) is 0 Å². The zero-order valence-electron chi connectivity index (χ0n) is 11.6. The van der Waals surface area contributed by atoms with Crippen LogP contribution in [0.5, 0.6) is 0 Å². The van der Waals surface area contributed by atoms with E-state index in [4.69, 9.17) is 5.73 Å². The molecular weight excluding hydrogens is 230 g/mol. The minimum atomic E-state index is -1.00. The lowest BCUT2D eigenvalue weighted by atomic mass is 9.88. The molecular formula is C13H25N3O2. The fourth-order valence-electron chi connectivity index (χ4n) is 2.19. The van der Waals surface area contributed by atoms with E-state index >= 15 is 0 Å². The van der Waals surface area contributed by atoms with Gasteiger partial charge in [-0.15, -0.1) is 0 Å². The van der Waals surface area contributed by atoms with Crippen LogP contribution in [0.25, 0.3) is 0 Å². The van der Waals surface area contributed by atoms with Crippen molar-refractivity contribution in [2.45, 2.75) is 64.5 Å². The maximum absolute atomic E-state index is 11.9. The maximum atomic E-state index is 11.9. The molecule has 0 bridgehead atoms. The first-order chi connectivity index (χ1) is 8.36. The fraction of sp³-hybridized carbons (Fsp3) is 0.846. The van der Waals surface area contributed by atoms with Gasteiger partial charge in [-0.2, -0.15) is 0 Å². The molecule has 0 heterocycles. The quantitative estimate of drug-likeness (QED) is 0.711. The van der Waals surface area contributed by atoms with E-state index in [0.717, 1.165) is 25.7 Å². The summed E-state index contributed by atoms with van der Waals surface area (Å²) in [5.74, 6) is -0.552. The third-order valence-electron chi connectivity index (χ3n) is 3.98. The minimum Gasteiger partial charge on any atom is -0.368 e. The Morgan fingerprint density at radius 2 is 1.78 bits per heavy atom. The Morgan fingerprint density at radius 3 is 2.22 bits per heavy atom. The molecule has 1 rings (SSSR count). The average molecular weight is 255 g/mol. The van der Waals surface area contributed by atoms with Crippen molar-refractivity contribution in [1.29, 1.82) is 0 Å². The van der Waals surface area contributed by atoms with Crippen molar-refractivity contribution in [3.05, 3.63) is 0 Å². The topological polar surface area (TPSA) is 84.2 Å². The third-order valence-corrected chi connectivity index (χ3v) is 3.98. The van der Waals surface area contributed by atoms with Gasteiger partial charge in [0, 0.05) is 6.04 Å². The highest BCUT2D eigenvalue weighted by Crippen LogP contribution is 2.18. The summed E-state index contributed by atoms with van der Waals surface area (Å²) in [4.78, 5) is 23.4. The standard InChI is InChI=1S/C13H25N3O2/c1-9(2)13(3,11(14)17)16-12(18)15-10-7-5-4-6-8-10/h9-10H,4-8H2,1-3H3,(H2,14,17)(H2,15,16,18). The Balaban J connectivity index is 2.53. The molecule has 1 aliphatic carbocycles. The number of nitrogens with two attached hydrogens (primary N) is 1. The van der Waals surface area contributed by atoms with Gasteiger partial charge in [0.15, 0.2) is 0 Å². The van der Waals surface area contributed by atoms with Gasteiger partial charge in [-0.05, 0) is 25.7 Å². The first-order valence-corrected chi connectivity index (χ1v) is 6.75. The summed E-state index contributed by atoms with van der Waals surface area (Å²) in [6, 6.07) is -0.0695. The predicted octanol–water partition coefficient (Wildman–Crippen LogP) is 1.52. The number of nitrogens with one attached hydrogen (secondary N) is 2. The van der Waals surface area contributed by atoms with Gasteiger partial charge in [0.25, 0.3) is 0 Å². The van der Waals surface area contributed by atoms with Gasteiger partial charge in [0.2, 0.25) is 5.91 Å². The Hall–Kier alpha value is -1.26. The van der Waals surface area contributed by atoms with Crippen LogP contribution in [0.4, 0.5) is 4.79 Å². The molecule has 1 aliphatic rings. The molecule has 0 aliphatic heterocycles. The molecule has 5 heteroatoms. The largest absolute Gasteiger partial charge is 0.368 e. The second-order valence-corrected chi connectivity index (χ2v) is 5.65. The molecule has 1 fully saturated rings. The predicted molar refractivity (Wildman–Crippen MR) is 71.0 cm³/mol. The lowest BCUT2D eigenvalue weighted by molar-refractivity contribution is -0.125. The van der Waals surface area contributed by atoms with Gasteiger partial charge in [0.05, 0.1) is 0 Å². The highest BCUT2D eigenvalue weighted by Gasteiger charge is 2.36. The molecule has 3 amide bonds. The van der Waals surface area contributed by atoms with Crippen LogP contribution in [0.15, 0.2) is 0 Å². The number of primary amides is 1. The SMILES string of the molecule is CC(C)C(C)(NC(=O)NC1CCCCC1)C(N)=O. The average Bonchev–Trinajstić information content (AvgIpc) is 2.29. The summed E-state index contributed by atoms with van der Waals surface area (Å²) in [5.41, 5.74) is 4.37. The summed E-state index contributed by atoms with van der Waals surface area (Å²) in [7, 11) is 0. The molecule has 0 radical (unpaired) electrons. The van der Waals surface area contributed by atoms with E-state index in [1.165, 1.54) is 6.42 Å². The van der Waals surface area contributed by atoms with E-state index in [-0.39, 0.29) is 18.0 Å². The van der Waals surface area contributed by atoms with Gasteiger partial charge >= 0.3 is 6.03 Å². The lowest BCUT2D eigenvalue weighted by Crippen LogP contribution is -2.61. The molecule has 0 aromatic heterocycles. The Morgan fingerprint density at radius 1 is 1.22 bits per heavy atom. The van der Waals surface area contributed by atoms with Crippen LogP contribution in [0.3, 0.4) is 0 Å². The molecule has 4 N–H and O–H groups in total. The van der Waals surface area contributed by atoms with Crippen molar-refractivity contribution in [2.75, 3.05) is 0 Å². The highest BCUT2D eigenvalue weighted by molar-refractivity contribution is 5.89. The number of carbonyl (C=O) groups excluding carboxylic acids is 2. The van der Waals surface area contributed by atoms with Gasteiger partial charge in [-0.1, -0.05) is 33.1 Å². The molecule has 1 saturated carbocycles. The van der Waals surface area contributed by atoms with Crippen LogP contribution in [-0.2, 0) is 4.79 Å². The molecule has 0 saturated heterocycles. The van der Waals surface area contributed by atoms with Crippen LogP contribution >= 0.6 is 0 Å². The van der Waals surface area contributed by atoms with Crippen LogP contribution in [0.1, 0.15) is 52.9 Å². The number of rotatable bonds is 4. The van der Waals surface area contributed by atoms with E-state index in [1.54, 1.807) is 6.92 Å². The third kappa shape index (κ3) is 3.62. The van der Waals surface area contributed by atoms with Crippen molar-refractivity contribution < 1.29 is 9.59 Å². The van der Waals surface area contributed by atoms with Crippen molar-refractivity contribution >= 4 is 11.9 Å². The lowest BCUT2D eigenvalue weighted by Gasteiger charge is -2.32. The van der Waals surface area contributed by atoms with Crippen LogP contribution in [0.2, 0.25) is 0 Å². The molecule has 5 nitrogen and oxygen atoms in total. The molecule has 1 atom stereocenters. The van der Waals surface area contributed by atoms with Crippen molar-refractivity contribution in [3.63, 3.8) is 0 Å². The molecule has 0 aromatic rings. The molecule has 0 aromatic carbocycles. The Bertz CT molecular complexity index is 311. The summed E-state index contributed by atoms with van der Waals surface area (Å²) in [6.07, 6.45) is 5.58. The minimum absolute atomic E-state index is 0.0490. The van der Waals surface area contributed by atoms with Crippen molar-refractivity contribution in [2.24, 2.45) is 11.7 Å². The summed E-state index contributed by atoms with van der Waals surface area (Å²) in [6.45, 7) is 5.40. The van der Waals surface area contributed by atoms with Gasteiger partial charge in [-0.25, -0.2) is 4.79 Å². The fourth-order valence-corrected chi connectivity index (χ4v) is 2.19. The molecule has 104 valence electrons. The van der Waals surface area contributed by atoms with Crippen LogP contribution in [0, 0.1) is 5.92 Å². The van der Waals surface area contributed by atoms with Crippen molar-refractivity contribution in [1.82, 2.24) is 10.6 Å². The first-order valence-electron chi connectivity index (χ1n) is 6.75. The number of hydrogen-bond acceptors (Lipinski definition) is 2. The zero-order chi connectivity index (χ0) is 13.8. The van der Waals surface area contributed by atoms with E-state index in [9.17, 15) is 9.59 Å². The summed E-state index contributed by atoms with van der Waals surface area (Å²) in [5, 5.41) is 5.64. The number of carbonyl (C=O) groups is 2. The summed E-state index contributed by atoms with van der Waals surface area (Å²) >= 11 is 0.